The number of halogens is 3. The molecule has 0 heterocycles. The fourth-order valence-corrected chi connectivity index (χ4v) is 2.34. The predicted molar refractivity (Wildman–Crippen MR) is 102 cm³/mol. The first-order valence-corrected chi connectivity index (χ1v) is 8.29. The molecule has 136 valence electrons. The van der Waals surface area contributed by atoms with Gasteiger partial charge in [-0.2, -0.15) is 0 Å². The summed E-state index contributed by atoms with van der Waals surface area (Å²) in [7, 11) is 0. The molecule has 2 aromatic rings. The summed E-state index contributed by atoms with van der Waals surface area (Å²) >= 11 is 3.19. The lowest BCUT2D eigenvalue weighted by molar-refractivity contribution is -0.128. The van der Waals surface area contributed by atoms with E-state index in [1.165, 1.54) is 12.1 Å². The number of nitrogens with one attached hydrogen (secondary N) is 1. The molecule has 0 saturated carbocycles. The zero-order valence-corrected chi connectivity index (χ0v) is 16.4. The molecule has 7 heteroatoms. The van der Waals surface area contributed by atoms with E-state index in [1.54, 1.807) is 44.2 Å². The smallest absolute Gasteiger partial charge is 0.265 e. The third-order valence-corrected chi connectivity index (χ3v) is 3.69. The second-order valence-corrected chi connectivity index (χ2v) is 7.11. The number of amides is 1. The van der Waals surface area contributed by atoms with Crippen LogP contribution < -0.4 is 15.8 Å². The highest BCUT2D eigenvalue weighted by atomic mass is 79.9. The Kier molecular flexibility index (Phi) is 7.86. The molecule has 0 radical (unpaired) electrons. The van der Waals surface area contributed by atoms with Gasteiger partial charge < -0.3 is 15.8 Å². The van der Waals surface area contributed by atoms with Crippen molar-refractivity contribution in [2.24, 2.45) is 5.73 Å². The summed E-state index contributed by atoms with van der Waals surface area (Å²) in [5.41, 5.74) is 5.97. The molecular formula is C18H21BrClFN2O2. The minimum absolute atomic E-state index is 0. The Morgan fingerprint density at radius 3 is 2.48 bits per heavy atom. The molecule has 0 aromatic heterocycles. The number of hydrogen-bond donors (Lipinski definition) is 2. The molecule has 0 aliphatic heterocycles. The molecule has 2 aromatic carbocycles. The molecule has 0 aliphatic carbocycles. The highest BCUT2D eigenvalue weighted by molar-refractivity contribution is 9.10. The van der Waals surface area contributed by atoms with Crippen molar-refractivity contribution in [1.82, 2.24) is 5.32 Å². The number of carbonyl (C=O) groups excluding carboxylic acids is 1. The maximum atomic E-state index is 14.1. The van der Waals surface area contributed by atoms with Crippen LogP contribution in [-0.2, 0) is 4.79 Å². The van der Waals surface area contributed by atoms with Crippen LogP contribution in [0.4, 0.5) is 4.39 Å². The third-order valence-electron chi connectivity index (χ3n) is 3.20. The normalized spacial score (nSPS) is 12.0. The Balaban J connectivity index is 0.00000312. The lowest BCUT2D eigenvalue weighted by atomic mass is 10.1. The quantitative estimate of drug-likeness (QED) is 0.727. The van der Waals surface area contributed by atoms with Gasteiger partial charge in [-0.25, -0.2) is 4.39 Å². The first kappa shape index (κ1) is 21.4. The minimum Gasteiger partial charge on any atom is -0.473 e. The number of benzene rings is 2. The van der Waals surface area contributed by atoms with E-state index < -0.39 is 17.5 Å². The van der Waals surface area contributed by atoms with Crippen LogP contribution in [0.3, 0.4) is 0 Å². The van der Waals surface area contributed by atoms with Crippen LogP contribution in [0.15, 0.2) is 53.0 Å². The van der Waals surface area contributed by atoms with E-state index in [2.05, 4.69) is 21.2 Å². The maximum Gasteiger partial charge on any atom is 0.265 e. The van der Waals surface area contributed by atoms with Crippen LogP contribution in [-0.4, -0.2) is 18.0 Å². The lowest BCUT2D eigenvalue weighted by Gasteiger charge is -2.23. The van der Waals surface area contributed by atoms with Gasteiger partial charge >= 0.3 is 0 Å². The SMILES string of the molecule is CC(C)(N)CNC(=O)C(Oc1ccc(Br)cc1F)c1ccccc1.Cl. The van der Waals surface area contributed by atoms with Gasteiger partial charge in [0.05, 0.1) is 0 Å². The summed E-state index contributed by atoms with van der Waals surface area (Å²) in [6.07, 6.45) is -0.968. The summed E-state index contributed by atoms with van der Waals surface area (Å²) < 4.78 is 20.3. The predicted octanol–water partition coefficient (Wildman–Crippen LogP) is 3.98. The standard InChI is InChI=1S/C18H20BrFN2O2.ClH/c1-18(2,21)11-22-17(23)16(12-6-4-3-5-7-12)24-15-9-8-13(19)10-14(15)20;/h3-10,16H,11,21H2,1-2H3,(H,22,23);1H. The molecular weight excluding hydrogens is 411 g/mol. The van der Waals surface area contributed by atoms with Crippen LogP contribution in [0.5, 0.6) is 5.75 Å². The van der Waals surface area contributed by atoms with Gasteiger partial charge in [0.2, 0.25) is 6.10 Å². The van der Waals surface area contributed by atoms with E-state index >= 15 is 0 Å². The minimum atomic E-state index is -0.968. The third kappa shape index (κ3) is 6.65. The molecule has 0 saturated heterocycles. The molecule has 1 amide bonds. The van der Waals surface area contributed by atoms with Gasteiger partial charge in [0.1, 0.15) is 0 Å². The Morgan fingerprint density at radius 2 is 1.92 bits per heavy atom. The molecule has 25 heavy (non-hydrogen) atoms. The van der Waals surface area contributed by atoms with Crippen molar-refractivity contribution in [3.63, 3.8) is 0 Å². The van der Waals surface area contributed by atoms with Crippen molar-refractivity contribution < 1.29 is 13.9 Å². The zero-order chi connectivity index (χ0) is 17.7. The zero-order valence-electron chi connectivity index (χ0n) is 14.0. The highest BCUT2D eigenvalue weighted by Gasteiger charge is 2.25. The van der Waals surface area contributed by atoms with E-state index in [4.69, 9.17) is 10.5 Å². The summed E-state index contributed by atoms with van der Waals surface area (Å²) in [5.74, 6) is -0.909. The van der Waals surface area contributed by atoms with Crippen molar-refractivity contribution in [3.05, 3.63) is 64.4 Å². The van der Waals surface area contributed by atoms with Crippen molar-refractivity contribution in [3.8, 4) is 5.75 Å². The second kappa shape index (κ2) is 9.17. The van der Waals surface area contributed by atoms with E-state index in [1.807, 2.05) is 6.07 Å². The topological polar surface area (TPSA) is 64.3 Å². The van der Waals surface area contributed by atoms with Gasteiger partial charge in [-0.05, 0) is 32.0 Å². The summed E-state index contributed by atoms with van der Waals surface area (Å²) in [4.78, 5) is 12.5. The van der Waals surface area contributed by atoms with Gasteiger partial charge in [0, 0.05) is 22.1 Å². The average Bonchev–Trinajstić information content (AvgIpc) is 2.52. The van der Waals surface area contributed by atoms with E-state index in [9.17, 15) is 9.18 Å². The summed E-state index contributed by atoms with van der Waals surface area (Å²) in [6, 6.07) is 13.4. The Bertz CT molecular complexity index is 708. The molecule has 0 fully saturated rings. The van der Waals surface area contributed by atoms with Gasteiger partial charge in [-0.15, -0.1) is 12.4 Å². The summed E-state index contributed by atoms with van der Waals surface area (Å²) in [5, 5.41) is 2.75. The van der Waals surface area contributed by atoms with E-state index in [0.29, 0.717) is 10.0 Å². The van der Waals surface area contributed by atoms with Gasteiger partial charge in [-0.1, -0.05) is 46.3 Å². The monoisotopic (exact) mass is 430 g/mol. The second-order valence-electron chi connectivity index (χ2n) is 6.19. The number of ether oxygens (including phenoxy) is 1. The Hall–Kier alpha value is -1.63. The first-order valence-electron chi connectivity index (χ1n) is 7.49. The van der Waals surface area contributed by atoms with Gasteiger partial charge in [0.25, 0.3) is 5.91 Å². The average molecular weight is 432 g/mol. The Labute approximate surface area is 161 Å². The number of carbonyl (C=O) groups is 1. The van der Waals surface area contributed by atoms with Crippen LogP contribution >= 0.6 is 28.3 Å². The molecule has 1 unspecified atom stereocenters. The summed E-state index contributed by atoms with van der Waals surface area (Å²) in [6.45, 7) is 3.89. The Morgan fingerprint density at radius 1 is 1.28 bits per heavy atom. The first-order chi connectivity index (χ1) is 11.3. The number of hydrogen-bond acceptors (Lipinski definition) is 3. The van der Waals surface area contributed by atoms with E-state index in [0.717, 1.165) is 0 Å². The van der Waals surface area contributed by atoms with Crippen LogP contribution in [0.2, 0.25) is 0 Å². The number of rotatable bonds is 6. The van der Waals surface area contributed by atoms with Gasteiger partial charge in [-0.3, -0.25) is 4.79 Å². The van der Waals surface area contributed by atoms with Crippen LogP contribution in [0, 0.1) is 5.82 Å². The molecule has 1 atom stereocenters. The van der Waals surface area contributed by atoms with E-state index in [-0.39, 0.29) is 30.6 Å². The van der Waals surface area contributed by atoms with Crippen molar-refractivity contribution >= 4 is 34.2 Å². The van der Waals surface area contributed by atoms with Crippen molar-refractivity contribution in [2.45, 2.75) is 25.5 Å². The fraction of sp³-hybridized carbons (Fsp3) is 0.278. The molecule has 3 N–H and O–H groups in total. The maximum absolute atomic E-state index is 14.1. The molecule has 0 aliphatic rings. The molecule has 0 bridgehead atoms. The fourth-order valence-electron chi connectivity index (χ4n) is 2.01. The molecule has 0 spiro atoms. The van der Waals surface area contributed by atoms with Crippen LogP contribution in [0.1, 0.15) is 25.5 Å². The number of nitrogens with two attached hydrogens (primary N) is 1. The lowest BCUT2D eigenvalue weighted by Crippen LogP contribution is -2.46. The van der Waals surface area contributed by atoms with Gasteiger partial charge in [0.15, 0.2) is 11.6 Å². The van der Waals surface area contributed by atoms with Crippen molar-refractivity contribution in [1.29, 1.82) is 0 Å². The highest BCUT2D eigenvalue weighted by Crippen LogP contribution is 2.27. The molecule has 2 rings (SSSR count). The molecule has 4 nitrogen and oxygen atoms in total. The van der Waals surface area contributed by atoms with Crippen molar-refractivity contribution in [2.75, 3.05) is 6.54 Å². The van der Waals surface area contributed by atoms with Crippen LogP contribution in [0.25, 0.3) is 0 Å². The largest absolute Gasteiger partial charge is 0.473 e.